The van der Waals surface area contributed by atoms with Gasteiger partial charge in [0.2, 0.25) is 5.60 Å². The molecule has 0 N–H and O–H groups in total. The molecular weight excluding hydrogens is 516 g/mol. The predicted octanol–water partition coefficient (Wildman–Crippen LogP) is 6.03. The quantitative estimate of drug-likeness (QED) is 0.357. The van der Waals surface area contributed by atoms with Gasteiger partial charge in [0.05, 0.1) is 12.7 Å². The highest BCUT2D eigenvalue weighted by molar-refractivity contribution is 5.96. The molecule has 0 aromatic heterocycles. The molecule has 1 heterocycles. The van der Waals surface area contributed by atoms with E-state index in [9.17, 15) is 44.7 Å². The molecular formula is C25H16F8O4. The van der Waals surface area contributed by atoms with Gasteiger partial charge >= 0.3 is 24.3 Å². The number of rotatable bonds is 4. The Morgan fingerprint density at radius 3 is 2.00 bits per heavy atom. The van der Waals surface area contributed by atoms with Crippen LogP contribution in [0.4, 0.5) is 35.1 Å². The number of halogens is 8. The maximum Gasteiger partial charge on any atom is 0.433 e. The molecule has 37 heavy (non-hydrogen) atoms. The molecule has 4 rings (SSSR count). The van der Waals surface area contributed by atoms with Crippen LogP contribution in [0.25, 0.3) is 5.57 Å². The summed E-state index contributed by atoms with van der Waals surface area (Å²) in [5.41, 5.74) is -9.66. The first-order valence-corrected chi connectivity index (χ1v) is 10.6. The molecule has 2 aromatic rings. The second-order valence-electron chi connectivity index (χ2n) is 8.54. The number of alkyl halides is 6. The monoisotopic (exact) mass is 532 g/mol. The lowest BCUT2D eigenvalue weighted by molar-refractivity contribution is -0.278. The van der Waals surface area contributed by atoms with Gasteiger partial charge in [-0.25, -0.2) is 13.6 Å². The van der Waals surface area contributed by atoms with Gasteiger partial charge in [-0.05, 0) is 36.2 Å². The smallest absolute Gasteiger partial charge is 0.433 e. The number of carbonyl (C=O) groups is 2. The largest absolute Gasteiger partial charge is 0.466 e. The van der Waals surface area contributed by atoms with Gasteiger partial charge in [-0.2, -0.15) is 26.3 Å². The third-order valence-corrected chi connectivity index (χ3v) is 6.50. The minimum Gasteiger partial charge on any atom is -0.466 e. The molecule has 0 radical (unpaired) electrons. The fraction of sp³-hybridized carbons (Fsp3) is 0.280. The SMILES string of the molecule is COC(=O)C1=C[C@@]2(/C=C(\c3ccc(F)cc3)C(F)(F)F)C(=O)O[C@](c3ccc(F)cc3)(C(F)(F)F)[C@H]2C1. The van der Waals surface area contributed by atoms with Gasteiger partial charge < -0.3 is 9.47 Å². The van der Waals surface area contributed by atoms with Crippen molar-refractivity contribution in [2.75, 3.05) is 7.11 Å². The maximum absolute atomic E-state index is 14.7. The van der Waals surface area contributed by atoms with Crippen LogP contribution in [0.2, 0.25) is 0 Å². The van der Waals surface area contributed by atoms with E-state index in [1.807, 2.05) is 0 Å². The van der Waals surface area contributed by atoms with E-state index in [1.54, 1.807) is 0 Å². The van der Waals surface area contributed by atoms with Crippen molar-refractivity contribution < 1.29 is 54.2 Å². The number of cyclic esters (lactones) is 1. The number of hydrogen-bond donors (Lipinski definition) is 0. The lowest BCUT2D eigenvalue weighted by Crippen LogP contribution is -2.48. The van der Waals surface area contributed by atoms with Gasteiger partial charge in [0.1, 0.15) is 17.0 Å². The molecule has 0 bridgehead atoms. The van der Waals surface area contributed by atoms with Crippen LogP contribution in [0.15, 0.2) is 66.3 Å². The Morgan fingerprint density at radius 2 is 1.51 bits per heavy atom. The standard InChI is InChI=1S/C25H16F8O4/c1-36-20(34)14-10-19-22(11-14,12-18(24(28,29)30)13-2-6-16(26)7-3-13)21(35)37-23(19,25(31,32)33)15-4-8-17(27)9-5-15/h2-9,11-12,19H,10H2,1H3/b18-12+/t19-,22-,23-/m0/s1. The topological polar surface area (TPSA) is 52.6 Å². The first-order chi connectivity index (χ1) is 17.2. The molecule has 12 heteroatoms. The Balaban J connectivity index is 2.03. The number of ether oxygens (including phenoxy) is 2. The van der Waals surface area contributed by atoms with E-state index < -0.39 is 81.6 Å². The molecule has 1 aliphatic heterocycles. The van der Waals surface area contributed by atoms with Gasteiger partial charge in [-0.3, -0.25) is 4.79 Å². The summed E-state index contributed by atoms with van der Waals surface area (Å²) in [7, 11) is 0.911. The summed E-state index contributed by atoms with van der Waals surface area (Å²) < 4.78 is 123. The van der Waals surface area contributed by atoms with Crippen LogP contribution in [0.1, 0.15) is 17.5 Å². The highest BCUT2D eigenvalue weighted by atomic mass is 19.4. The Morgan fingerprint density at radius 1 is 0.973 bits per heavy atom. The fourth-order valence-electron chi connectivity index (χ4n) is 4.87. The van der Waals surface area contributed by atoms with Gasteiger partial charge in [0.25, 0.3) is 0 Å². The van der Waals surface area contributed by atoms with Crippen molar-refractivity contribution in [2.45, 2.75) is 24.4 Å². The number of allylic oxidation sites excluding steroid dienone is 1. The van der Waals surface area contributed by atoms with Crippen molar-refractivity contribution in [2.24, 2.45) is 11.3 Å². The third kappa shape index (κ3) is 4.17. The Hall–Kier alpha value is -3.70. The van der Waals surface area contributed by atoms with Crippen LogP contribution >= 0.6 is 0 Å². The maximum atomic E-state index is 14.7. The molecule has 0 spiro atoms. The third-order valence-electron chi connectivity index (χ3n) is 6.50. The predicted molar refractivity (Wildman–Crippen MR) is 111 cm³/mol. The molecule has 3 atom stereocenters. The highest BCUT2D eigenvalue weighted by Crippen LogP contribution is 2.65. The summed E-state index contributed by atoms with van der Waals surface area (Å²) in [5.74, 6) is -6.78. The Bertz CT molecular complexity index is 1290. The lowest BCUT2D eigenvalue weighted by atomic mass is 9.68. The van der Waals surface area contributed by atoms with Crippen molar-refractivity contribution in [3.63, 3.8) is 0 Å². The second-order valence-corrected chi connectivity index (χ2v) is 8.54. The average Bonchev–Trinajstić information content (AvgIpc) is 3.31. The molecule has 0 saturated carbocycles. The van der Waals surface area contributed by atoms with Crippen molar-refractivity contribution in [1.82, 2.24) is 0 Å². The van der Waals surface area contributed by atoms with Crippen LogP contribution in [0.3, 0.4) is 0 Å². The molecule has 1 fully saturated rings. The zero-order chi connectivity index (χ0) is 27.4. The Labute approximate surface area is 204 Å². The van der Waals surface area contributed by atoms with Crippen molar-refractivity contribution in [3.05, 3.63) is 89.0 Å². The number of esters is 2. The summed E-state index contributed by atoms with van der Waals surface area (Å²) in [6.07, 6.45) is -10.5. The number of hydrogen-bond acceptors (Lipinski definition) is 4. The number of benzene rings is 2. The second kappa shape index (κ2) is 8.70. The summed E-state index contributed by atoms with van der Waals surface area (Å²) in [6.45, 7) is 0. The zero-order valence-electron chi connectivity index (χ0n) is 18.7. The van der Waals surface area contributed by atoms with Gasteiger partial charge in [0, 0.05) is 17.1 Å². The highest BCUT2D eigenvalue weighted by Gasteiger charge is 2.76. The van der Waals surface area contributed by atoms with E-state index in [1.165, 1.54) is 0 Å². The van der Waals surface area contributed by atoms with Crippen molar-refractivity contribution in [3.8, 4) is 0 Å². The van der Waals surface area contributed by atoms with E-state index in [4.69, 9.17) is 4.74 Å². The lowest BCUT2D eigenvalue weighted by Gasteiger charge is -2.36. The van der Waals surface area contributed by atoms with Gasteiger partial charge in [-0.15, -0.1) is 0 Å². The summed E-state index contributed by atoms with van der Waals surface area (Å²) in [5, 5.41) is 0. The molecule has 1 saturated heterocycles. The van der Waals surface area contributed by atoms with Crippen molar-refractivity contribution >= 4 is 17.5 Å². The molecule has 2 aliphatic rings. The van der Waals surface area contributed by atoms with Gasteiger partial charge in [0.15, 0.2) is 0 Å². The molecule has 0 amide bonds. The summed E-state index contributed by atoms with van der Waals surface area (Å²) in [4.78, 5) is 25.5. The average molecular weight is 532 g/mol. The first-order valence-electron chi connectivity index (χ1n) is 10.6. The number of fused-ring (bicyclic) bond motifs is 1. The van der Waals surface area contributed by atoms with E-state index >= 15 is 0 Å². The molecule has 2 aromatic carbocycles. The number of methoxy groups -OCH3 is 1. The number of carbonyl (C=O) groups excluding carboxylic acids is 2. The fourth-order valence-corrected chi connectivity index (χ4v) is 4.87. The minimum absolute atomic E-state index is 0.264. The summed E-state index contributed by atoms with van der Waals surface area (Å²) in [6, 6.07) is 5.67. The zero-order valence-corrected chi connectivity index (χ0v) is 18.7. The summed E-state index contributed by atoms with van der Waals surface area (Å²) >= 11 is 0. The molecule has 196 valence electrons. The van der Waals surface area contributed by atoms with E-state index in [2.05, 4.69) is 4.74 Å². The van der Waals surface area contributed by atoms with Gasteiger partial charge in [-0.1, -0.05) is 36.4 Å². The normalized spacial score (nSPS) is 26.0. The first kappa shape index (κ1) is 26.4. The molecule has 0 unspecified atom stereocenters. The van der Waals surface area contributed by atoms with Crippen LogP contribution < -0.4 is 0 Å². The van der Waals surface area contributed by atoms with Crippen LogP contribution in [0.5, 0.6) is 0 Å². The van der Waals surface area contributed by atoms with E-state index in [0.717, 1.165) is 19.2 Å². The molecule has 4 nitrogen and oxygen atoms in total. The van der Waals surface area contributed by atoms with E-state index in [-0.39, 0.29) is 6.08 Å². The van der Waals surface area contributed by atoms with Crippen LogP contribution in [-0.2, 0) is 24.7 Å². The van der Waals surface area contributed by atoms with Crippen LogP contribution in [0, 0.1) is 23.0 Å². The van der Waals surface area contributed by atoms with E-state index in [0.29, 0.717) is 42.5 Å². The molecule has 1 aliphatic carbocycles. The van der Waals surface area contributed by atoms with Crippen LogP contribution in [-0.4, -0.2) is 31.4 Å². The minimum atomic E-state index is -5.39. The van der Waals surface area contributed by atoms with Crippen molar-refractivity contribution in [1.29, 1.82) is 0 Å². The Kier molecular flexibility index (Phi) is 6.20.